The predicted molar refractivity (Wildman–Crippen MR) is 60.3 cm³/mol. The van der Waals surface area contributed by atoms with E-state index in [1.165, 1.54) is 12.8 Å². The molecule has 4 heteroatoms. The molecule has 2 rings (SSSR count). The van der Waals surface area contributed by atoms with Crippen molar-refractivity contribution >= 4 is 6.09 Å². The van der Waals surface area contributed by atoms with Gasteiger partial charge in [0, 0.05) is 6.04 Å². The van der Waals surface area contributed by atoms with E-state index in [0.717, 1.165) is 12.8 Å². The molecule has 92 valence electrons. The Morgan fingerprint density at radius 2 is 1.81 bits per heavy atom. The number of nitrogens with one attached hydrogen (secondary N) is 1. The van der Waals surface area contributed by atoms with Crippen LogP contribution in [0.1, 0.15) is 46.5 Å². The average Bonchev–Trinajstić information content (AvgIpc) is 2.80. The molecule has 0 saturated heterocycles. The molecule has 0 bridgehead atoms. The van der Waals surface area contributed by atoms with Crippen LogP contribution in [0, 0.1) is 0 Å². The van der Waals surface area contributed by atoms with E-state index in [2.05, 4.69) is 5.32 Å². The summed E-state index contributed by atoms with van der Waals surface area (Å²) in [7, 11) is 0. The van der Waals surface area contributed by atoms with E-state index in [1.54, 1.807) is 0 Å². The van der Waals surface area contributed by atoms with Gasteiger partial charge in [0.05, 0.1) is 12.2 Å². The SMILES string of the molecule is CC(C)(C)OC(=O)N[C@H]1C[C@H](OC2CC2)C1. The van der Waals surface area contributed by atoms with Crippen LogP contribution < -0.4 is 5.32 Å². The van der Waals surface area contributed by atoms with Crippen LogP contribution in [0.4, 0.5) is 4.79 Å². The van der Waals surface area contributed by atoms with E-state index in [-0.39, 0.29) is 12.1 Å². The molecule has 0 aromatic carbocycles. The van der Waals surface area contributed by atoms with Crippen molar-refractivity contribution in [2.24, 2.45) is 0 Å². The minimum Gasteiger partial charge on any atom is -0.444 e. The first-order valence-corrected chi connectivity index (χ1v) is 6.07. The number of hydrogen-bond acceptors (Lipinski definition) is 3. The van der Waals surface area contributed by atoms with Crippen LogP contribution in [-0.4, -0.2) is 29.9 Å². The van der Waals surface area contributed by atoms with Gasteiger partial charge in [0.25, 0.3) is 0 Å². The van der Waals surface area contributed by atoms with Crippen molar-refractivity contribution in [2.45, 2.75) is 70.3 Å². The van der Waals surface area contributed by atoms with Crippen molar-refractivity contribution in [1.82, 2.24) is 5.32 Å². The Bertz CT molecular complexity index is 262. The molecule has 0 aromatic heterocycles. The van der Waals surface area contributed by atoms with E-state index in [1.807, 2.05) is 20.8 Å². The van der Waals surface area contributed by atoms with Crippen molar-refractivity contribution in [2.75, 3.05) is 0 Å². The second-order valence-electron chi connectivity index (χ2n) is 5.77. The smallest absolute Gasteiger partial charge is 0.407 e. The standard InChI is InChI=1S/C12H21NO3/c1-12(2,3)16-11(14)13-8-6-10(7-8)15-9-4-5-9/h8-10H,4-7H2,1-3H3,(H,13,14)/t8-,10-. The Morgan fingerprint density at radius 3 is 2.31 bits per heavy atom. The maximum atomic E-state index is 11.4. The van der Waals surface area contributed by atoms with Gasteiger partial charge in [-0.15, -0.1) is 0 Å². The highest BCUT2D eigenvalue weighted by Crippen LogP contribution is 2.32. The topological polar surface area (TPSA) is 47.6 Å². The molecule has 0 aromatic rings. The molecular formula is C12H21NO3. The van der Waals surface area contributed by atoms with E-state index in [0.29, 0.717) is 12.2 Å². The summed E-state index contributed by atoms with van der Waals surface area (Å²) in [6.45, 7) is 5.60. The van der Waals surface area contributed by atoms with Crippen LogP contribution in [0.3, 0.4) is 0 Å². The fourth-order valence-corrected chi connectivity index (χ4v) is 1.75. The van der Waals surface area contributed by atoms with Crippen LogP contribution in [0.5, 0.6) is 0 Å². The summed E-state index contributed by atoms with van der Waals surface area (Å²) in [5, 5.41) is 2.86. The predicted octanol–water partition coefficient (Wildman–Crippen LogP) is 2.22. The molecule has 2 fully saturated rings. The molecule has 0 radical (unpaired) electrons. The molecule has 1 amide bonds. The number of hydrogen-bond donors (Lipinski definition) is 1. The number of alkyl carbamates (subject to hydrolysis) is 1. The third-order valence-corrected chi connectivity index (χ3v) is 2.72. The molecule has 0 unspecified atom stereocenters. The van der Waals surface area contributed by atoms with Crippen LogP contribution in [0.2, 0.25) is 0 Å². The molecule has 2 aliphatic carbocycles. The van der Waals surface area contributed by atoms with Gasteiger partial charge < -0.3 is 14.8 Å². The van der Waals surface area contributed by atoms with E-state index in [4.69, 9.17) is 9.47 Å². The lowest BCUT2D eigenvalue weighted by molar-refractivity contribution is -0.0291. The third kappa shape index (κ3) is 3.67. The van der Waals surface area contributed by atoms with E-state index < -0.39 is 5.60 Å². The second-order valence-corrected chi connectivity index (χ2v) is 5.77. The van der Waals surface area contributed by atoms with Gasteiger partial charge in [-0.2, -0.15) is 0 Å². The first-order valence-electron chi connectivity index (χ1n) is 6.07. The van der Waals surface area contributed by atoms with Gasteiger partial charge >= 0.3 is 6.09 Å². The average molecular weight is 227 g/mol. The van der Waals surface area contributed by atoms with Gasteiger partial charge in [-0.05, 0) is 46.5 Å². The fourth-order valence-electron chi connectivity index (χ4n) is 1.75. The summed E-state index contributed by atoms with van der Waals surface area (Å²) >= 11 is 0. The molecule has 2 aliphatic rings. The Hall–Kier alpha value is -0.770. The zero-order valence-corrected chi connectivity index (χ0v) is 10.3. The summed E-state index contributed by atoms with van der Waals surface area (Å²) in [6.07, 6.45) is 4.81. The molecule has 0 aliphatic heterocycles. The van der Waals surface area contributed by atoms with Crippen molar-refractivity contribution in [3.63, 3.8) is 0 Å². The van der Waals surface area contributed by atoms with Crippen molar-refractivity contribution in [3.8, 4) is 0 Å². The van der Waals surface area contributed by atoms with E-state index >= 15 is 0 Å². The van der Waals surface area contributed by atoms with Crippen LogP contribution in [-0.2, 0) is 9.47 Å². The third-order valence-electron chi connectivity index (χ3n) is 2.72. The molecule has 4 nitrogen and oxygen atoms in total. The van der Waals surface area contributed by atoms with Gasteiger partial charge in [0.15, 0.2) is 0 Å². The lowest BCUT2D eigenvalue weighted by atomic mass is 9.89. The van der Waals surface area contributed by atoms with Gasteiger partial charge in [0.1, 0.15) is 5.60 Å². The monoisotopic (exact) mass is 227 g/mol. The Labute approximate surface area is 96.7 Å². The normalized spacial score (nSPS) is 29.4. The molecule has 0 atom stereocenters. The highest BCUT2D eigenvalue weighted by atomic mass is 16.6. The summed E-state index contributed by atoms with van der Waals surface area (Å²) in [4.78, 5) is 11.4. The minimum absolute atomic E-state index is 0.235. The van der Waals surface area contributed by atoms with Crippen LogP contribution >= 0.6 is 0 Å². The van der Waals surface area contributed by atoms with Gasteiger partial charge in [-0.25, -0.2) is 4.79 Å². The molecule has 0 heterocycles. The quantitative estimate of drug-likeness (QED) is 0.804. The van der Waals surface area contributed by atoms with Crippen molar-refractivity contribution < 1.29 is 14.3 Å². The summed E-state index contributed by atoms with van der Waals surface area (Å²) in [6, 6.07) is 0.235. The van der Waals surface area contributed by atoms with Crippen LogP contribution in [0.15, 0.2) is 0 Å². The highest BCUT2D eigenvalue weighted by molar-refractivity contribution is 5.68. The Morgan fingerprint density at radius 1 is 1.19 bits per heavy atom. The zero-order valence-electron chi connectivity index (χ0n) is 10.3. The number of amides is 1. The zero-order chi connectivity index (χ0) is 11.8. The van der Waals surface area contributed by atoms with Crippen molar-refractivity contribution in [3.05, 3.63) is 0 Å². The number of carbonyl (C=O) groups is 1. The lowest BCUT2D eigenvalue weighted by Crippen LogP contribution is -2.49. The van der Waals surface area contributed by atoms with Crippen molar-refractivity contribution in [1.29, 1.82) is 0 Å². The molecule has 0 spiro atoms. The molecule has 2 saturated carbocycles. The maximum absolute atomic E-state index is 11.4. The molecule has 1 N–H and O–H groups in total. The van der Waals surface area contributed by atoms with E-state index in [9.17, 15) is 4.79 Å². The minimum atomic E-state index is -0.419. The summed E-state index contributed by atoms with van der Waals surface area (Å²) in [5.74, 6) is 0. The number of ether oxygens (including phenoxy) is 2. The van der Waals surface area contributed by atoms with Crippen LogP contribution in [0.25, 0.3) is 0 Å². The van der Waals surface area contributed by atoms with Gasteiger partial charge in [-0.3, -0.25) is 0 Å². The van der Waals surface area contributed by atoms with Gasteiger partial charge in [0.2, 0.25) is 0 Å². The Balaban J connectivity index is 1.59. The summed E-state index contributed by atoms with van der Waals surface area (Å²) < 4.78 is 10.9. The second kappa shape index (κ2) is 4.24. The largest absolute Gasteiger partial charge is 0.444 e. The molecular weight excluding hydrogens is 206 g/mol. The fraction of sp³-hybridized carbons (Fsp3) is 0.917. The molecule has 16 heavy (non-hydrogen) atoms. The first kappa shape index (κ1) is 11.7. The first-order chi connectivity index (χ1) is 7.42. The lowest BCUT2D eigenvalue weighted by Gasteiger charge is -2.36. The number of rotatable bonds is 3. The maximum Gasteiger partial charge on any atom is 0.407 e. The Kier molecular flexibility index (Phi) is 3.10. The number of carbonyl (C=O) groups excluding carboxylic acids is 1. The van der Waals surface area contributed by atoms with Gasteiger partial charge in [-0.1, -0.05) is 0 Å². The highest BCUT2D eigenvalue weighted by Gasteiger charge is 2.36. The summed E-state index contributed by atoms with van der Waals surface area (Å²) in [5.41, 5.74) is -0.419.